The fourth-order valence-electron chi connectivity index (χ4n) is 4.18. The summed E-state index contributed by atoms with van der Waals surface area (Å²) in [5, 5.41) is 21.4. The average Bonchev–Trinajstić information content (AvgIpc) is 2.82. The van der Waals surface area contributed by atoms with Gasteiger partial charge in [0.05, 0.1) is 17.9 Å². The van der Waals surface area contributed by atoms with Crippen LogP contribution in [0, 0.1) is 0 Å². The molecule has 1 aliphatic carbocycles. The van der Waals surface area contributed by atoms with E-state index < -0.39 is 6.10 Å². The standard InChI is InChI=1S/C26H38N4O3/c1-4-5-11-24-23(16-25(29-28-24)26(32)27-17-20(31)18-30(2)3)19-12-14-22(15-13-19)33-21-9-7-6-8-10-21/h12-16,20-21,31H,4-11,17-18H2,1-3H3,(H,27,32). The van der Waals surface area contributed by atoms with Gasteiger partial charge in [0.15, 0.2) is 5.69 Å². The van der Waals surface area contributed by atoms with Gasteiger partial charge < -0.3 is 20.1 Å². The zero-order valence-electron chi connectivity index (χ0n) is 20.2. The van der Waals surface area contributed by atoms with Crippen molar-refractivity contribution in [3.05, 3.63) is 41.7 Å². The Morgan fingerprint density at radius 1 is 1.18 bits per heavy atom. The van der Waals surface area contributed by atoms with Gasteiger partial charge in [-0.2, -0.15) is 5.10 Å². The van der Waals surface area contributed by atoms with Crippen LogP contribution in [0.25, 0.3) is 11.1 Å². The van der Waals surface area contributed by atoms with Crippen molar-refractivity contribution in [1.29, 1.82) is 0 Å². The molecule has 1 heterocycles. The molecule has 1 fully saturated rings. The molecule has 1 aromatic carbocycles. The molecule has 1 saturated carbocycles. The highest BCUT2D eigenvalue weighted by molar-refractivity contribution is 5.93. The number of benzene rings is 1. The largest absolute Gasteiger partial charge is 0.490 e. The number of hydrogen-bond acceptors (Lipinski definition) is 6. The maximum Gasteiger partial charge on any atom is 0.271 e. The molecule has 180 valence electrons. The van der Waals surface area contributed by atoms with Gasteiger partial charge in [-0.15, -0.1) is 5.10 Å². The number of aliphatic hydroxyl groups is 1. The van der Waals surface area contributed by atoms with Gasteiger partial charge in [0.25, 0.3) is 5.91 Å². The van der Waals surface area contributed by atoms with Crippen LogP contribution in [0.15, 0.2) is 30.3 Å². The summed E-state index contributed by atoms with van der Waals surface area (Å²) in [6.45, 7) is 2.78. The monoisotopic (exact) mass is 454 g/mol. The molecule has 2 N–H and O–H groups in total. The van der Waals surface area contributed by atoms with E-state index in [1.54, 1.807) is 0 Å². The van der Waals surface area contributed by atoms with Crippen LogP contribution < -0.4 is 10.1 Å². The fourth-order valence-corrected chi connectivity index (χ4v) is 4.18. The molecule has 0 saturated heterocycles. The van der Waals surface area contributed by atoms with Crippen molar-refractivity contribution < 1.29 is 14.6 Å². The minimum atomic E-state index is -0.642. The molecule has 3 rings (SSSR count). The predicted molar refractivity (Wildman–Crippen MR) is 130 cm³/mol. The van der Waals surface area contributed by atoms with Crippen LogP contribution in [0.2, 0.25) is 0 Å². The number of nitrogens with zero attached hydrogens (tertiary/aromatic N) is 3. The van der Waals surface area contributed by atoms with Gasteiger partial charge in [0, 0.05) is 18.7 Å². The topological polar surface area (TPSA) is 87.6 Å². The van der Waals surface area contributed by atoms with E-state index in [-0.39, 0.29) is 18.1 Å². The highest BCUT2D eigenvalue weighted by Gasteiger charge is 2.17. The SMILES string of the molecule is CCCCc1nnc(C(=O)NCC(O)CN(C)C)cc1-c1ccc(OC2CCCCC2)cc1. The normalized spacial score (nSPS) is 15.4. The first-order chi connectivity index (χ1) is 16.0. The molecule has 1 atom stereocenters. The van der Waals surface area contributed by atoms with Gasteiger partial charge in [0.2, 0.25) is 0 Å². The molecule has 7 heteroatoms. The second-order valence-corrected chi connectivity index (χ2v) is 9.22. The number of rotatable bonds is 11. The zero-order chi connectivity index (χ0) is 23.6. The van der Waals surface area contributed by atoms with Gasteiger partial charge in [-0.1, -0.05) is 31.9 Å². The van der Waals surface area contributed by atoms with Gasteiger partial charge in [-0.05, 0) is 76.4 Å². The number of likely N-dealkylation sites (N-methyl/N-ethyl adjacent to an activating group) is 1. The molecule has 1 unspecified atom stereocenters. The van der Waals surface area contributed by atoms with Crippen molar-refractivity contribution in [1.82, 2.24) is 20.4 Å². The van der Waals surface area contributed by atoms with E-state index in [1.165, 1.54) is 19.3 Å². The van der Waals surface area contributed by atoms with Gasteiger partial charge >= 0.3 is 0 Å². The third kappa shape index (κ3) is 7.79. The Kier molecular flexibility index (Phi) is 9.63. The summed E-state index contributed by atoms with van der Waals surface area (Å²) in [5.41, 5.74) is 3.06. The summed E-state index contributed by atoms with van der Waals surface area (Å²) in [6.07, 6.45) is 8.57. The second kappa shape index (κ2) is 12.7. The van der Waals surface area contributed by atoms with E-state index in [4.69, 9.17) is 4.74 Å². The van der Waals surface area contributed by atoms with E-state index in [1.807, 2.05) is 49.3 Å². The number of aliphatic hydroxyl groups excluding tert-OH is 1. The Morgan fingerprint density at radius 2 is 1.91 bits per heavy atom. The molecule has 2 aromatic rings. The highest BCUT2D eigenvalue weighted by atomic mass is 16.5. The molecular weight excluding hydrogens is 416 g/mol. The smallest absolute Gasteiger partial charge is 0.271 e. The van der Waals surface area contributed by atoms with E-state index in [0.29, 0.717) is 12.6 Å². The first kappa shape index (κ1) is 25.1. The minimum Gasteiger partial charge on any atom is -0.490 e. The molecule has 1 aliphatic rings. The third-order valence-electron chi connectivity index (χ3n) is 5.96. The summed E-state index contributed by atoms with van der Waals surface area (Å²) in [7, 11) is 3.76. The summed E-state index contributed by atoms with van der Waals surface area (Å²) >= 11 is 0. The lowest BCUT2D eigenvalue weighted by Crippen LogP contribution is -2.38. The van der Waals surface area contributed by atoms with Crippen molar-refractivity contribution in [2.75, 3.05) is 27.2 Å². The van der Waals surface area contributed by atoms with Crippen LogP contribution in [0.4, 0.5) is 0 Å². The fraction of sp³-hybridized carbons (Fsp3) is 0.577. The van der Waals surface area contributed by atoms with Gasteiger partial charge in [0.1, 0.15) is 5.75 Å². The maximum atomic E-state index is 12.7. The van der Waals surface area contributed by atoms with Crippen LogP contribution in [0.1, 0.15) is 68.1 Å². The molecule has 0 bridgehead atoms. The average molecular weight is 455 g/mol. The highest BCUT2D eigenvalue weighted by Crippen LogP contribution is 2.28. The summed E-state index contributed by atoms with van der Waals surface area (Å²) < 4.78 is 6.17. The number of nitrogens with one attached hydrogen (secondary N) is 1. The molecule has 1 amide bonds. The number of carbonyl (C=O) groups excluding carboxylic acids is 1. The lowest BCUT2D eigenvalue weighted by Gasteiger charge is -2.23. The van der Waals surface area contributed by atoms with Crippen LogP contribution in [-0.4, -0.2) is 65.5 Å². The number of ether oxygens (including phenoxy) is 1. The van der Waals surface area contributed by atoms with Crippen molar-refractivity contribution in [2.45, 2.75) is 70.5 Å². The van der Waals surface area contributed by atoms with E-state index in [2.05, 4.69) is 22.4 Å². The zero-order valence-corrected chi connectivity index (χ0v) is 20.2. The van der Waals surface area contributed by atoms with E-state index in [0.717, 1.165) is 54.7 Å². The lowest BCUT2D eigenvalue weighted by atomic mass is 9.97. The number of amides is 1. The Hall–Kier alpha value is -2.51. The summed E-state index contributed by atoms with van der Waals surface area (Å²) in [5.74, 6) is 0.552. The Balaban J connectivity index is 1.74. The van der Waals surface area contributed by atoms with E-state index in [9.17, 15) is 9.90 Å². The number of carbonyl (C=O) groups is 1. The molecular formula is C26H38N4O3. The molecule has 0 aliphatic heterocycles. The van der Waals surface area contributed by atoms with Crippen molar-refractivity contribution in [3.63, 3.8) is 0 Å². The Labute approximate surface area is 197 Å². The number of hydrogen-bond donors (Lipinski definition) is 2. The van der Waals surface area contributed by atoms with Crippen molar-refractivity contribution >= 4 is 5.91 Å². The summed E-state index contributed by atoms with van der Waals surface area (Å²) in [6, 6.07) is 9.89. The lowest BCUT2D eigenvalue weighted by molar-refractivity contribution is 0.0886. The Morgan fingerprint density at radius 3 is 2.58 bits per heavy atom. The van der Waals surface area contributed by atoms with Crippen LogP contribution in [-0.2, 0) is 6.42 Å². The molecule has 1 aromatic heterocycles. The quantitative estimate of drug-likeness (QED) is 0.536. The van der Waals surface area contributed by atoms with E-state index >= 15 is 0 Å². The molecule has 7 nitrogen and oxygen atoms in total. The van der Waals surface area contributed by atoms with Crippen LogP contribution >= 0.6 is 0 Å². The predicted octanol–water partition coefficient (Wildman–Crippen LogP) is 3.85. The second-order valence-electron chi connectivity index (χ2n) is 9.22. The maximum absolute atomic E-state index is 12.7. The molecule has 0 spiro atoms. The number of aryl methyl sites for hydroxylation is 1. The van der Waals surface area contributed by atoms with Gasteiger partial charge in [-0.25, -0.2) is 0 Å². The van der Waals surface area contributed by atoms with Crippen LogP contribution in [0.3, 0.4) is 0 Å². The number of aromatic nitrogens is 2. The van der Waals surface area contributed by atoms with Crippen molar-refractivity contribution in [2.24, 2.45) is 0 Å². The first-order valence-corrected chi connectivity index (χ1v) is 12.2. The minimum absolute atomic E-state index is 0.165. The van der Waals surface area contributed by atoms with Crippen molar-refractivity contribution in [3.8, 4) is 16.9 Å². The van der Waals surface area contributed by atoms with Gasteiger partial charge in [-0.3, -0.25) is 4.79 Å². The third-order valence-corrected chi connectivity index (χ3v) is 5.96. The molecule has 0 radical (unpaired) electrons. The summed E-state index contributed by atoms with van der Waals surface area (Å²) in [4.78, 5) is 14.5. The molecule has 33 heavy (non-hydrogen) atoms. The first-order valence-electron chi connectivity index (χ1n) is 12.2. The Bertz CT molecular complexity index is 880. The number of unbranched alkanes of at least 4 members (excludes halogenated alkanes) is 1. The van der Waals surface area contributed by atoms with Crippen LogP contribution in [0.5, 0.6) is 5.75 Å².